The van der Waals surface area contributed by atoms with Crippen molar-refractivity contribution in [2.24, 2.45) is 5.41 Å². The van der Waals surface area contributed by atoms with Crippen molar-refractivity contribution in [3.8, 4) is 0 Å². The number of rotatable bonds is 1. The molecule has 0 amide bonds. The Morgan fingerprint density at radius 3 is 1.77 bits per heavy atom. The van der Waals surface area contributed by atoms with Gasteiger partial charge in [-0.15, -0.1) is 0 Å². The summed E-state index contributed by atoms with van der Waals surface area (Å²) in [5.41, 5.74) is -1.81. The van der Waals surface area contributed by atoms with Gasteiger partial charge in [0.15, 0.2) is 0 Å². The molecule has 0 atom stereocenters. The van der Waals surface area contributed by atoms with E-state index in [0.29, 0.717) is 0 Å². The van der Waals surface area contributed by atoms with Crippen LogP contribution < -0.4 is 0 Å². The topological polar surface area (TPSA) is 69.7 Å². The molecule has 5 nitrogen and oxygen atoms in total. The van der Waals surface area contributed by atoms with E-state index in [1.807, 2.05) is 0 Å². The summed E-state index contributed by atoms with van der Waals surface area (Å²) in [6.07, 6.45) is 0.229. The molecule has 0 aromatic carbocycles. The van der Waals surface area contributed by atoms with Crippen molar-refractivity contribution >= 4 is 18.2 Å². The van der Waals surface area contributed by atoms with Crippen LogP contribution >= 0.6 is 0 Å². The number of hydrogen-bond acceptors (Lipinski definition) is 5. The molecular formula is C8H10O5. The molecule has 1 saturated heterocycles. The van der Waals surface area contributed by atoms with E-state index in [1.165, 1.54) is 20.8 Å². The Labute approximate surface area is 75.0 Å². The van der Waals surface area contributed by atoms with Crippen LogP contribution in [0.5, 0.6) is 0 Å². The molecule has 0 spiro atoms. The predicted molar refractivity (Wildman–Crippen MR) is 40.4 cm³/mol. The molecule has 0 aromatic rings. The molecule has 0 N–H and O–H groups in total. The van der Waals surface area contributed by atoms with Crippen molar-refractivity contribution in [2.75, 3.05) is 0 Å². The average Bonchev–Trinajstić information content (AvgIpc) is 1.98. The SMILES string of the molecule is CC1(C)OC(=O)C(C)(C=O)C(=O)O1. The molecule has 1 fully saturated rings. The molecular weight excluding hydrogens is 176 g/mol. The third-order valence-corrected chi connectivity index (χ3v) is 1.76. The van der Waals surface area contributed by atoms with Crippen LogP contribution in [0.2, 0.25) is 0 Å². The van der Waals surface area contributed by atoms with Crippen LogP contribution in [0.3, 0.4) is 0 Å². The van der Waals surface area contributed by atoms with Gasteiger partial charge in [0.1, 0.15) is 6.29 Å². The summed E-state index contributed by atoms with van der Waals surface area (Å²) >= 11 is 0. The first-order valence-corrected chi connectivity index (χ1v) is 3.75. The summed E-state index contributed by atoms with van der Waals surface area (Å²) in [6.45, 7) is 4.01. The molecule has 13 heavy (non-hydrogen) atoms. The molecule has 0 aromatic heterocycles. The van der Waals surface area contributed by atoms with E-state index < -0.39 is 23.1 Å². The van der Waals surface area contributed by atoms with E-state index in [2.05, 4.69) is 0 Å². The van der Waals surface area contributed by atoms with Gasteiger partial charge in [0.25, 0.3) is 5.79 Å². The van der Waals surface area contributed by atoms with E-state index in [9.17, 15) is 14.4 Å². The molecule has 1 aliphatic rings. The maximum atomic E-state index is 11.2. The number of cyclic esters (lactones) is 2. The molecule has 1 rings (SSSR count). The first kappa shape index (κ1) is 9.70. The maximum absolute atomic E-state index is 11.2. The van der Waals surface area contributed by atoms with Crippen molar-refractivity contribution in [1.29, 1.82) is 0 Å². The lowest BCUT2D eigenvalue weighted by atomic mass is 9.92. The van der Waals surface area contributed by atoms with Gasteiger partial charge in [-0.25, -0.2) is 0 Å². The number of carbonyl (C=O) groups is 3. The second kappa shape index (κ2) is 2.55. The van der Waals surface area contributed by atoms with Crippen LogP contribution in [-0.4, -0.2) is 24.0 Å². The van der Waals surface area contributed by atoms with Crippen molar-refractivity contribution < 1.29 is 23.9 Å². The van der Waals surface area contributed by atoms with Gasteiger partial charge in [0.2, 0.25) is 5.41 Å². The van der Waals surface area contributed by atoms with Gasteiger partial charge in [0, 0.05) is 13.8 Å². The fourth-order valence-corrected chi connectivity index (χ4v) is 0.859. The van der Waals surface area contributed by atoms with Gasteiger partial charge in [-0.2, -0.15) is 0 Å². The fraction of sp³-hybridized carbons (Fsp3) is 0.625. The highest BCUT2D eigenvalue weighted by Gasteiger charge is 2.53. The number of ether oxygens (including phenoxy) is 2. The Kier molecular flexibility index (Phi) is 1.90. The summed E-state index contributed by atoms with van der Waals surface area (Å²) in [6, 6.07) is 0. The molecule has 72 valence electrons. The summed E-state index contributed by atoms with van der Waals surface area (Å²) in [7, 11) is 0. The monoisotopic (exact) mass is 186 g/mol. The van der Waals surface area contributed by atoms with E-state index in [4.69, 9.17) is 9.47 Å². The first-order chi connectivity index (χ1) is 5.82. The van der Waals surface area contributed by atoms with E-state index >= 15 is 0 Å². The molecule has 5 heteroatoms. The lowest BCUT2D eigenvalue weighted by molar-refractivity contribution is -0.246. The van der Waals surface area contributed by atoms with Crippen LogP contribution in [0.4, 0.5) is 0 Å². The number of hydrogen-bond donors (Lipinski definition) is 0. The lowest BCUT2D eigenvalue weighted by Gasteiger charge is -2.35. The zero-order chi connectivity index (χ0) is 10.3. The highest BCUT2D eigenvalue weighted by molar-refractivity contribution is 6.13. The molecule has 0 unspecified atom stereocenters. The molecule has 0 saturated carbocycles. The van der Waals surface area contributed by atoms with Crippen LogP contribution in [-0.2, 0) is 23.9 Å². The van der Waals surface area contributed by atoms with Gasteiger partial charge >= 0.3 is 11.9 Å². The second-order valence-electron chi connectivity index (χ2n) is 3.50. The summed E-state index contributed by atoms with van der Waals surface area (Å²) in [5, 5.41) is 0. The van der Waals surface area contributed by atoms with Crippen LogP contribution in [0.1, 0.15) is 20.8 Å². The maximum Gasteiger partial charge on any atom is 0.333 e. The molecule has 1 heterocycles. The largest absolute Gasteiger partial charge is 0.422 e. The van der Waals surface area contributed by atoms with E-state index in [-0.39, 0.29) is 6.29 Å². The van der Waals surface area contributed by atoms with Crippen molar-refractivity contribution in [1.82, 2.24) is 0 Å². The quantitative estimate of drug-likeness (QED) is 0.328. The Balaban J connectivity index is 3.02. The third-order valence-electron chi connectivity index (χ3n) is 1.76. The standard InChI is InChI=1S/C8H10O5/c1-7(2)12-5(10)8(3,4-9)6(11)13-7/h4H,1-3H3. The normalized spacial score (nSPS) is 24.5. The number of aldehydes is 1. The fourth-order valence-electron chi connectivity index (χ4n) is 0.859. The smallest absolute Gasteiger partial charge is 0.333 e. The zero-order valence-electron chi connectivity index (χ0n) is 7.62. The van der Waals surface area contributed by atoms with Gasteiger partial charge < -0.3 is 14.3 Å². The minimum atomic E-state index is -1.81. The molecule has 0 radical (unpaired) electrons. The first-order valence-electron chi connectivity index (χ1n) is 3.75. The van der Waals surface area contributed by atoms with Crippen LogP contribution in [0.15, 0.2) is 0 Å². The summed E-state index contributed by atoms with van der Waals surface area (Å²) in [4.78, 5) is 32.9. The van der Waals surface area contributed by atoms with Crippen molar-refractivity contribution in [2.45, 2.75) is 26.6 Å². The van der Waals surface area contributed by atoms with Gasteiger partial charge in [0.05, 0.1) is 0 Å². The summed E-state index contributed by atoms with van der Waals surface area (Å²) < 4.78 is 9.47. The highest BCUT2D eigenvalue weighted by Crippen LogP contribution is 2.29. The Morgan fingerprint density at radius 2 is 1.46 bits per heavy atom. The van der Waals surface area contributed by atoms with Gasteiger partial charge in [-0.05, 0) is 6.92 Å². The highest BCUT2D eigenvalue weighted by atomic mass is 16.7. The van der Waals surface area contributed by atoms with Crippen LogP contribution in [0.25, 0.3) is 0 Å². The molecule has 0 aliphatic carbocycles. The Hall–Kier alpha value is -1.39. The lowest BCUT2D eigenvalue weighted by Crippen LogP contribution is -2.53. The van der Waals surface area contributed by atoms with E-state index in [1.54, 1.807) is 0 Å². The number of esters is 2. The molecule has 1 aliphatic heterocycles. The van der Waals surface area contributed by atoms with Gasteiger partial charge in [-0.3, -0.25) is 9.59 Å². The van der Waals surface area contributed by atoms with Crippen molar-refractivity contribution in [3.05, 3.63) is 0 Å². The number of carbonyl (C=O) groups excluding carboxylic acids is 3. The van der Waals surface area contributed by atoms with Crippen molar-refractivity contribution in [3.63, 3.8) is 0 Å². The Bertz CT molecular complexity index is 258. The zero-order valence-corrected chi connectivity index (χ0v) is 7.62. The second-order valence-corrected chi connectivity index (χ2v) is 3.50. The minimum absolute atomic E-state index is 0.229. The average molecular weight is 186 g/mol. The summed E-state index contributed by atoms with van der Waals surface area (Å²) in [5.74, 6) is -3.02. The van der Waals surface area contributed by atoms with E-state index in [0.717, 1.165) is 0 Å². The Morgan fingerprint density at radius 1 is 1.08 bits per heavy atom. The minimum Gasteiger partial charge on any atom is -0.422 e. The van der Waals surface area contributed by atoms with Gasteiger partial charge in [-0.1, -0.05) is 0 Å². The van der Waals surface area contributed by atoms with Crippen LogP contribution in [0, 0.1) is 5.41 Å². The predicted octanol–water partition coefficient (Wildman–Crippen LogP) is 0.0277. The molecule has 0 bridgehead atoms. The third kappa shape index (κ3) is 1.41.